The average Bonchev–Trinajstić information content (AvgIpc) is 3.12. The number of carbonyl (C=O) groups is 1. The lowest BCUT2D eigenvalue weighted by atomic mass is 10.0. The Morgan fingerprint density at radius 2 is 1.89 bits per heavy atom. The van der Waals surface area contributed by atoms with Crippen molar-refractivity contribution in [3.8, 4) is 0 Å². The van der Waals surface area contributed by atoms with Gasteiger partial charge in [0, 0.05) is 6.54 Å². The first kappa shape index (κ1) is 12.8. The Kier molecular flexibility index (Phi) is 3.68. The van der Waals surface area contributed by atoms with E-state index in [0.29, 0.717) is 0 Å². The molecule has 0 aromatic carbocycles. The number of aliphatic carboxylic acids is 1. The van der Waals surface area contributed by atoms with Gasteiger partial charge in [-0.05, 0) is 57.6 Å². The van der Waals surface area contributed by atoms with E-state index in [9.17, 15) is 9.90 Å². The molecule has 1 unspecified atom stereocenters. The van der Waals surface area contributed by atoms with Crippen molar-refractivity contribution in [2.45, 2.75) is 24.9 Å². The number of thiophene rings is 2. The minimum atomic E-state index is -0.701. The molecular formula is C14H15NO2S2. The van der Waals surface area contributed by atoms with Gasteiger partial charge < -0.3 is 5.11 Å². The number of carboxylic acids is 1. The van der Waals surface area contributed by atoms with Crippen LogP contribution in [0.15, 0.2) is 33.7 Å². The average molecular weight is 293 g/mol. The number of nitrogens with zero attached hydrogens (tertiary/aromatic N) is 1. The van der Waals surface area contributed by atoms with Gasteiger partial charge in [-0.25, -0.2) is 0 Å². The molecule has 3 heterocycles. The molecule has 1 atom stereocenters. The normalized spacial score (nSPS) is 20.2. The maximum absolute atomic E-state index is 11.4. The van der Waals surface area contributed by atoms with Gasteiger partial charge in [0.2, 0.25) is 0 Å². The molecule has 0 bridgehead atoms. The summed E-state index contributed by atoms with van der Waals surface area (Å²) in [5.41, 5.74) is 2.41. The maximum Gasteiger partial charge on any atom is 0.320 e. The molecule has 5 heteroatoms. The largest absolute Gasteiger partial charge is 0.480 e. The zero-order chi connectivity index (χ0) is 13.2. The highest BCUT2D eigenvalue weighted by Crippen LogP contribution is 2.36. The van der Waals surface area contributed by atoms with Crippen molar-refractivity contribution in [2.75, 3.05) is 6.54 Å². The second kappa shape index (κ2) is 5.45. The highest BCUT2D eigenvalue weighted by molar-refractivity contribution is 7.08. The molecule has 0 spiro atoms. The van der Waals surface area contributed by atoms with Crippen LogP contribution in [0.25, 0.3) is 0 Å². The molecule has 1 fully saturated rings. The summed E-state index contributed by atoms with van der Waals surface area (Å²) < 4.78 is 0. The van der Waals surface area contributed by atoms with Crippen molar-refractivity contribution >= 4 is 28.6 Å². The fraction of sp³-hybridized carbons (Fsp3) is 0.357. The van der Waals surface area contributed by atoms with Crippen LogP contribution in [0.4, 0.5) is 0 Å². The molecule has 3 nitrogen and oxygen atoms in total. The monoisotopic (exact) mass is 293 g/mol. The van der Waals surface area contributed by atoms with Crippen molar-refractivity contribution in [3.05, 3.63) is 44.8 Å². The van der Waals surface area contributed by atoms with E-state index in [1.165, 1.54) is 11.1 Å². The minimum Gasteiger partial charge on any atom is -0.480 e. The van der Waals surface area contributed by atoms with Gasteiger partial charge in [-0.1, -0.05) is 0 Å². The Balaban J connectivity index is 1.98. The van der Waals surface area contributed by atoms with E-state index in [1.54, 1.807) is 22.7 Å². The van der Waals surface area contributed by atoms with Crippen LogP contribution < -0.4 is 0 Å². The van der Waals surface area contributed by atoms with Crippen LogP contribution in [0.2, 0.25) is 0 Å². The van der Waals surface area contributed by atoms with Crippen LogP contribution in [0, 0.1) is 0 Å². The highest BCUT2D eigenvalue weighted by Gasteiger charge is 2.36. The zero-order valence-corrected chi connectivity index (χ0v) is 12.0. The number of rotatable bonds is 4. The first-order valence-corrected chi connectivity index (χ1v) is 8.18. The van der Waals surface area contributed by atoms with Gasteiger partial charge in [0.15, 0.2) is 0 Å². The molecule has 0 amide bonds. The molecule has 19 heavy (non-hydrogen) atoms. The lowest BCUT2D eigenvalue weighted by Gasteiger charge is -2.30. The highest BCUT2D eigenvalue weighted by atomic mass is 32.1. The molecule has 0 radical (unpaired) electrons. The predicted octanol–water partition coefficient (Wildman–Crippen LogP) is 3.45. The van der Waals surface area contributed by atoms with E-state index in [1.807, 2.05) is 0 Å². The van der Waals surface area contributed by atoms with Crippen molar-refractivity contribution < 1.29 is 9.90 Å². The van der Waals surface area contributed by atoms with Crippen LogP contribution in [-0.4, -0.2) is 28.6 Å². The second-order valence-electron chi connectivity index (χ2n) is 4.75. The van der Waals surface area contributed by atoms with Crippen molar-refractivity contribution in [3.63, 3.8) is 0 Å². The van der Waals surface area contributed by atoms with E-state index >= 15 is 0 Å². The van der Waals surface area contributed by atoms with Crippen LogP contribution in [0.5, 0.6) is 0 Å². The fourth-order valence-electron chi connectivity index (χ4n) is 2.80. The Hall–Kier alpha value is -1.17. The smallest absolute Gasteiger partial charge is 0.320 e. The summed E-state index contributed by atoms with van der Waals surface area (Å²) in [6, 6.07) is 3.93. The molecule has 2 aromatic rings. The summed E-state index contributed by atoms with van der Waals surface area (Å²) in [6.07, 6.45) is 1.71. The third kappa shape index (κ3) is 2.45. The first-order valence-electron chi connectivity index (χ1n) is 6.30. The lowest BCUT2D eigenvalue weighted by Crippen LogP contribution is -2.38. The summed E-state index contributed by atoms with van der Waals surface area (Å²) in [4.78, 5) is 13.6. The van der Waals surface area contributed by atoms with Gasteiger partial charge in [0.1, 0.15) is 6.04 Å². The van der Waals surface area contributed by atoms with Crippen molar-refractivity contribution in [1.29, 1.82) is 0 Å². The molecule has 2 aromatic heterocycles. The van der Waals surface area contributed by atoms with Crippen LogP contribution in [0.3, 0.4) is 0 Å². The Morgan fingerprint density at radius 1 is 1.26 bits per heavy atom. The predicted molar refractivity (Wildman–Crippen MR) is 77.8 cm³/mol. The third-order valence-electron chi connectivity index (χ3n) is 3.63. The zero-order valence-electron chi connectivity index (χ0n) is 10.4. The number of carboxylic acid groups (broad SMARTS) is 1. The number of hydrogen-bond acceptors (Lipinski definition) is 4. The van der Waals surface area contributed by atoms with Gasteiger partial charge in [0.05, 0.1) is 6.04 Å². The molecule has 1 aliphatic rings. The topological polar surface area (TPSA) is 40.5 Å². The molecule has 1 N–H and O–H groups in total. The molecule has 1 aliphatic heterocycles. The SMILES string of the molecule is O=C(O)C1CCCN1C(c1ccsc1)c1ccsc1. The number of likely N-dealkylation sites (tertiary alicyclic amines) is 1. The Bertz CT molecular complexity index is 502. The van der Waals surface area contributed by atoms with Crippen LogP contribution in [0.1, 0.15) is 30.0 Å². The Morgan fingerprint density at radius 3 is 2.37 bits per heavy atom. The third-order valence-corrected chi connectivity index (χ3v) is 5.03. The molecule has 0 aliphatic carbocycles. The van der Waals surface area contributed by atoms with E-state index in [4.69, 9.17) is 0 Å². The van der Waals surface area contributed by atoms with Gasteiger partial charge in [0.25, 0.3) is 0 Å². The van der Waals surface area contributed by atoms with Crippen LogP contribution >= 0.6 is 22.7 Å². The van der Waals surface area contributed by atoms with Crippen molar-refractivity contribution in [1.82, 2.24) is 4.90 Å². The fourth-order valence-corrected chi connectivity index (χ4v) is 4.16. The summed E-state index contributed by atoms with van der Waals surface area (Å²) in [5, 5.41) is 17.8. The van der Waals surface area contributed by atoms with E-state index in [2.05, 4.69) is 38.6 Å². The maximum atomic E-state index is 11.4. The molecule has 100 valence electrons. The van der Waals surface area contributed by atoms with E-state index in [0.717, 1.165) is 19.4 Å². The summed E-state index contributed by atoms with van der Waals surface area (Å²) in [6.45, 7) is 0.854. The summed E-state index contributed by atoms with van der Waals surface area (Å²) in [7, 11) is 0. The second-order valence-corrected chi connectivity index (χ2v) is 6.31. The molecule has 3 rings (SSSR count). The molecule has 1 saturated heterocycles. The standard InChI is InChI=1S/C14H15NO2S2/c16-14(17)12-2-1-5-15(12)13(10-3-6-18-8-10)11-4-7-19-9-11/h3-4,6-9,12-13H,1-2,5H2,(H,16,17). The minimum absolute atomic E-state index is 0.0844. The first-order chi connectivity index (χ1) is 9.27. The van der Waals surface area contributed by atoms with Gasteiger partial charge in [-0.15, -0.1) is 0 Å². The Labute approximate surface area is 120 Å². The summed E-state index contributed by atoms with van der Waals surface area (Å²) >= 11 is 3.33. The lowest BCUT2D eigenvalue weighted by molar-refractivity contribution is -0.142. The van der Waals surface area contributed by atoms with Crippen LogP contribution in [-0.2, 0) is 4.79 Å². The summed E-state index contributed by atoms with van der Waals surface area (Å²) in [5.74, 6) is -0.701. The van der Waals surface area contributed by atoms with E-state index < -0.39 is 5.97 Å². The molecule has 0 saturated carbocycles. The van der Waals surface area contributed by atoms with Gasteiger partial charge in [-0.3, -0.25) is 9.69 Å². The number of hydrogen-bond donors (Lipinski definition) is 1. The van der Waals surface area contributed by atoms with E-state index in [-0.39, 0.29) is 12.1 Å². The molecular weight excluding hydrogens is 278 g/mol. The van der Waals surface area contributed by atoms with Gasteiger partial charge >= 0.3 is 5.97 Å². The van der Waals surface area contributed by atoms with Gasteiger partial charge in [-0.2, -0.15) is 22.7 Å². The van der Waals surface area contributed by atoms with Crippen molar-refractivity contribution in [2.24, 2.45) is 0 Å². The quantitative estimate of drug-likeness (QED) is 0.938.